The molecule has 2 aliphatic heterocycles. The largest absolute Gasteiger partial charge is 0.378 e. The van der Waals surface area contributed by atoms with Crippen molar-refractivity contribution in [1.82, 2.24) is 10.4 Å². The fraction of sp³-hybridized carbons (Fsp3) is 0.333. The van der Waals surface area contributed by atoms with Crippen molar-refractivity contribution in [2.45, 2.75) is 12.8 Å². The summed E-state index contributed by atoms with van der Waals surface area (Å²) in [5.41, 5.74) is 5.24. The molecular formula is C18H19N5O3S. The zero-order chi connectivity index (χ0) is 18.6. The number of morpholine rings is 1. The summed E-state index contributed by atoms with van der Waals surface area (Å²) in [5, 5.41) is 9.65. The Bertz CT molecular complexity index is 871. The molecule has 9 heteroatoms. The SMILES string of the molecule is O=C1CCC(C(=O)Nc2ccc(-c3csc(N4CCOCC4)n3)cc2)=NN1. The van der Waals surface area contributed by atoms with Gasteiger partial charge in [0.15, 0.2) is 5.13 Å². The molecule has 1 aromatic carbocycles. The second kappa shape index (κ2) is 7.85. The molecule has 0 spiro atoms. The van der Waals surface area contributed by atoms with Crippen molar-refractivity contribution in [2.75, 3.05) is 36.5 Å². The number of carbonyl (C=O) groups is 2. The van der Waals surface area contributed by atoms with Crippen LogP contribution < -0.4 is 15.6 Å². The molecular weight excluding hydrogens is 366 g/mol. The van der Waals surface area contributed by atoms with E-state index in [0.717, 1.165) is 42.7 Å². The summed E-state index contributed by atoms with van der Waals surface area (Å²) in [6, 6.07) is 7.53. The van der Waals surface area contributed by atoms with Crippen molar-refractivity contribution in [3.05, 3.63) is 29.6 Å². The molecule has 1 aromatic heterocycles. The van der Waals surface area contributed by atoms with Gasteiger partial charge < -0.3 is 15.0 Å². The zero-order valence-corrected chi connectivity index (χ0v) is 15.4. The van der Waals surface area contributed by atoms with Crippen LogP contribution in [0.2, 0.25) is 0 Å². The highest BCUT2D eigenvalue weighted by Crippen LogP contribution is 2.28. The van der Waals surface area contributed by atoms with Crippen LogP contribution >= 0.6 is 11.3 Å². The van der Waals surface area contributed by atoms with E-state index in [1.807, 2.05) is 29.6 Å². The smallest absolute Gasteiger partial charge is 0.271 e. The molecule has 1 fully saturated rings. The fourth-order valence-electron chi connectivity index (χ4n) is 2.86. The Kier molecular flexibility index (Phi) is 5.12. The number of hydrogen-bond acceptors (Lipinski definition) is 7. The maximum atomic E-state index is 12.2. The van der Waals surface area contributed by atoms with Crippen LogP contribution in [-0.2, 0) is 14.3 Å². The molecule has 8 nitrogen and oxygen atoms in total. The first-order chi connectivity index (χ1) is 13.2. The number of nitrogens with one attached hydrogen (secondary N) is 2. The van der Waals surface area contributed by atoms with Gasteiger partial charge in [0.2, 0.25) is 5.91 Å². The summed E-state index contributed by atoms with van der Waals surface area (Å²) in [5.74, 6) is -0.471. The number of aromatic nitrogens is 1. The minimum absolute atomic E-state index is 0.171. The highest BCUT2D eigenvalue weighted by atomic mass is 32.1. The Morgan fingerprint density at radius 1 is 1.19 bits per heavy atom. The van der Waals surface area contributed by atoms with E-state index < -0.39 is 0 Å². The Labute approximate surface area is 160 Å². The van der Waals surface area contributed by atoms with E-state index in [0.29, 0.717) is 17.8 Å². The lowest BCUT2D eigenvalue weighted by molar-refractivity contribution is -0.121. The van der Waals surface area contributed by atoms with Crippen LogP contribution in [0.3, 0.4) is 0 Å². The topological polar surface area (TPSA) is 95.9 Å². The molecule has 0 atom stereocenters. The second-order valence-electron chi connectivity index (χ2n) is 6.24. The molecule has 2 amide bonds. The molecule has 2 aliphatic rings. The van der Waals surface area contributed by atoms with Gasteiger partial charge in [0.1, 0.15) is 5.71 Å². The van der Waals surface area contributed by atoms with Gasteiger partial charge in [-0.05, 0) is 12.1 Å². The molecule has 0 saturated carbocycles. The molecule has 0 aliphatic carbocycles. The first kappa shape index (κ1) is 17.6. The van der Waals surface area contributed by atoms with E-state index in [9.17, 15) is 9.59 Å². The number of hydrogen-bond donors (Lipinski definition) is 2. The lowest BCUT2D eigenvalue weighted by Crippen LogP contribution is -2.36. The maximum Gasteiger partial charge on any atom is 0.271 e. The number of carbonyl (C=O) groups excluding carboxylic acids is 2. The molecule has 0 bridgehead atoms. The average Bonchev–Trinajstić information content (AvgIpc) is 3.20. The van der Waals surface area contributed by atoms with Crippen LogP contribution in [-0.4, -0.2) is 48.8 Å². The number of ether oxygens (including phenoxy) is 1. The van der Waals surface area contributed by atoms with E-state index in [1.165, 1.54) is 0 Å². The van der Waals surface area contributed by atoms with Crippen LogP contribution in [0.25, 0.3) is 11.3 Å². The van der Waals surface area contributed by atoms with E-state index >= 15 is 0 Å². The van der Waals surface area contributed by atoms with Crippen molar-refractivity contribution in [3.8, 4) is 11.3 Å². The normalized spacial score (nSPS) is 17.3. The van der Waals surface area contributed by atoms with Crippen molar-refractivity contribution >= 4 is 39.7 Å². The first-order valence-corrected chi connectivity index (χ1v) is 9.62. The van der Waals surface area contributed by atoms with Crippen LogP contribution in [0.5, 0.6) is 0 Å². The summed E-state index contributed by atoms with van der Waals surface area (Å²) in [6.45, 7) is 3.20. The van der Waals surface area contributed by atoms with Crippen LogP contribution in [0, 0.1) is 0 Å². The summed E-state index contributed by atoms with van der Waals surface area (Å²) in [7, 11) is 0. The van der Waals surface area contributed by atoms with Crippen LogP contribution in [0.4, 0.5) is 10.8 Å². The van der Waals surface area contributed by atoms with E-state index in [2.05, 4.69) is 20.7 Å². The second-order valence-corrected chi connectivity index (χ2v) is 7.08. The molecule has 0 radical (unpaired) electrons. The molecule has 0 unspecified atom stereocenters. The Morgan fingerprint density at radius 2 is 1.96 bits per heavy atom. The quantitative estimate of drug-likeness (QED) is 0.837. The Morgan fingerprint density at radius 3 is 2.67 bits per heavy atom. The number of thiazole rings is 1. The van der Waals surface area contributed by atoms with E-state index in [1.54, 1.807) is 11.3 Å². The maximum absolute atomic E-state index is 12.2. The van der Waals surface area contributed by atoms with Gasteiger partial charge in [-0.3, -0.25) is 9.59 Å². The molecule has 27 heavy (non-hydrogen) atoms. The summed E-state index contributed by atoms with van der Waals surface area (Å²) < 4.78 is 5.38. The van der Waals surface area contributed by atoms with Gasteiger partial charge in [-0.25, -0.2) is 10.4 Å². The highest BCUT2D eigenvalue weighted by Gasteiger charge is 2.18. The van der Waals surface area contributed by atoms with E-state index in [-0.39, 0.29) is 18.2 Å². The zero-order valence-electron chi connectivity index (χ0n) is 14.6. The predicted octanol–water partition coefficient (Wildman–Crippen LogP) is 1.85. The van der Waals surface area contributed by atoms with Crippen molar-refractivity contribution in [3.63, 3.8) is 0 Å². The number of benzene rings is 1. The standard InChI is InChI=1S/C18H19N5O3S/c24-16-6-5-14(21-22-16)17(25)19-13-3-1-12(2-4-13)15-11-27-18(20-15)23-7-9-26-10-8-23/h1-4,11H,5-10H2,(H,19,25)(H,22,24). The molecule has 3 heterocycles. The molecule has 1 saturated heterocycles. The minimum Gasteiger partial charge on any atom is -0.378 e. The van der Waals surface area contributed by atoms with Crippen LogP contribution in [0.1, 0.15) is 12.8 Å². The number of hydrazone groups is 1. The average molecular weight is 385 g/mol. The number of anilines is 2. The third-order valence-electron chi connectivity index (χ3n) is 4.38. The van der Waals surface area contributed by atoms with E-state index in [4.69, 9.17) is 9.72 Å². The molecule has 2 aromatic rings. The Hall–Kier alpha value is -2.78. The van der Waals surface area contributed by atoms with Crippen molar-refractivity contribution in [1.29, 1.82) is 0 Å². The number of amides is 2. The summed E-state index contributed by atoms with van der Waals surface area (Å²) in [6.07, 6.45) is 0.624. The van der Waals surface area contributed by atoms with Gasteiger partial charge in [0, 0.05) is 42.6 Å². The van der Waals surface area contributed by atoms with Gasteiger partial charge in [0.25, 0.3) is 5.91 Å². The van der Waals surface area contributed by atoms with Gasteiger partial charge in [-0.15, -0.1) is 11.3 Å². The van der Waals surface area contributed by atoms with Gasteiger partial charge >= 0.3 is 0 Å². The summed E-state index contributed by atoms with van der Waals surface area (Å²) in [4.78, 5) is 30.2. The predicted molar refractivity (Wildman–Crippen MR) is 104 cm³/mol. The lowest BCUT2D eigenvalue weighted by Gasteiger charge is -2.26. The van der Waals surface area contributed by atoms with Gasteiger partial charge in [-0.2, -0.15) is 5.10 Å². The fourth-order valence-corrected chi connectivity index (χ4v) is 3.75. The monoisotopic (exact) mass is 385 g/mol. The number of rotatable bonds is 4. The molecule has 2 N–H and O–H groups in total. The van der Waals surface area contributed by atoms with Crippen molar-refractivity contribution in [2.24, 2.45) is 5.10 Å². The summed E-state index contributed by atoms with van der Waals surface area (Å²) >= 11 is 1.62. The molecule has 140 valence electrons. The third kappa shape index (κ3) is 4.15. The van der Waals surface area contributed by atoms with Crippen LogP contribution in [0.15, 0.2) is 34.7 Å². The first-order valence-electron chi connectivity index (χ1n) is 8.74. The Balaban J connectivity index is 1.41. The van der Waals surface area contributed by atoms with Gasteiger partial charge in [-0.1, -0.05) is 12.1 Å². The minimum atomic E-state index is -0.300. The lowest BCUT2D eigenvalue weighted by atomic mass is 10.1. The molecule has 4 rings (SSSR count). The third-order valence-corrected chi connectivity index (χ3v) is 5.28. The van der Waals surface area contributed by atoms with Gasteiger partial charge in [0.05, 0.1) is 18.9 Å². The number of nitrogens with zero attached hydrogens (tertiary/aromatic N) is 3. The highest BCUT2D eigenvalue weighted by molar-refractivity contribution is 7.14. The van der Waals surface area contributed by atoms with Crippen molar-refractivity contribution < 1.29 is 14.3 Å².